The molecule has 0 aliphatic carbocycles. The molecule has 38 heavy (non-hydrogen) atoms. The molecule has 6 nitrogen and oxygen atoms in total. The highest BCUT2D eigenvalue weighted by molar-refractivity contribution is 7.80. The van der Waals surface area contributed by atoms with E-state index in [0.29, 0.717) is 40.6 Å². The molecule has 7 heteroatoms. The van der Waals surface area contributed by atoms with Crippen LogP contribution in [0.2, 0.25) is 0 Å². The number of thiocarbonyl (C=S) groups is 1. The van der Waals surface area contributed by atoms with Gasteiger partial charge in [-0.1, -0.05) is 61.9 Å². The third-order valence-electron chi connectivity index (χ3n) is 5.97. The summed E-state index contributed by atoms with van der Waals surface area (Å²) in [5.74, 6) is 0.882. The van der Waals surface area contributed by atoms with E-state index in [2.05, 4.69) is 46.8 Å². The molecule has 0 aliphatic rings. The molecular formula is C31H27N3O3S. The zero-order valence-corrected chi connectivity index (χ0v) is 21.8. The summed E-state index contributed by atoms with van der Waals surface area (Å²) < 4.78 is 11.7. The first-order valence-corrected chi connectivity index (χ1v) is 12.9. The van der Waals surface area contributed by atoms with Crippen molar-refractivity contribution in [3.8, 4) is 28.3 Å². The van der Waals surface area contributed by atoms with Crippen LogP contribution in [0.4, 0.5) is 5.69 Å². The van der Waals surface area contributed by atoms with E-state index in [1.165, 1.54) is 0 Å². The Morgan fingerprint density at radius 3 is 2.45 bits per heavy atom. The third-order valence-corrected chi connectivity index (χ3v) is 6.18. The van der Waals surface area contributed by atoms with Crippen molar-refractivity contribution >= 4 is 40.0 Å². The van der Waals surface area contributed by atoms with Crippen LogP contribution in [0.3, 0.4) is 0 Å². The number of fused-ring (bicyclic) bond motifs is 1. The number of rotatable bonds is 8. The molecule has 2 N–H and O–H groups in total. The second-order valence-corrected chi connectivity index (χ2v) is 9.19. The highest BCUT2D eigenvalue weighted by Gasteiger charge is 2.12. The average molecular weight is 522 g/mol. The number of aromatic nitrogens is 1. The van der Waals surface area contributed by atoms with Crippen LogP contribution in [0.25, 0.3) is 33.7 Å². The van der Waals surface area contributed by atoms with Gasteiger partial charge >= 0.3 is 0 Å². The van der Waals surface area contributed by atoms with Gasteiger partial charge in [0.05, 0.1) is 6.61 Å². The molecule has 0 fully saturated rings. The average Bonchev–Trinajstić information content (AvgIpc) is 3.37. The van der Waals surface area contributed by atoms with E-state index in [0.717, 1.165) is 29.5 Å². The van der Waals surface area contributed by atoms with Crippen molar-refractivity contribution in [2.24, 2.45) is 0 Å². The first-order chi connectivity index (χ1) is 18.6. The Hall–Kier alpha value is -4.49. The Balaban J connectivity index is 1.23. The van der Waals surface area contributed by atoms with Gasteiger partial charge in [0.2, 0.25) is 5.89 Å². The van der Waals surface area contributed by atoms with Crippen LogP contribution in [0.1, 0.15) is 30.1 Å². The van der Waals surface area contributed by atoms with Crippen molar-refractivity contribution < 1.29 is 13.9 Å². The predicted octanol–water partition coefficient (Wildman–Crippen LogP) is 7.47. The van der Waals surface area contributed by atoms with Crippen LogP contribution in [0.5, 0.6) is 5.75 Å². The highest BCUT2D eigenvalue weighted by atomic mass is 32.1. The Kier molecular flexibility index (Phi) is 7.75. The summed E-state index contributed by atoms with van der Waals surface area (Å²) in [6, 6.07) is 30.9. The van der Waals surface area contributed by atoms with Gasteiger partial charge < -0.3 is 14.5 Å². The molecule has 0 aliphatic heterocycles. The molecule has 5 rings (SSSR count). The minimum atomic E-state index is -0.313. The van der Waals surface area contributed by atoms with E-state index in [1.807, 2.05) is 54.6 Å². The Morgan fingerprint density at radius 2 is 1.66 bits per heavy atom. The van der Waals surface area contributed by atoms with E-state index in [4.69, 9.17) is 21.4 Å². The topological polar surface area (TPSA) is 76.4 Å². The number of benzene rings is 4. The standard InChI is InChI=1S/C31H27N3O3S/c1-2-3-18-36-26-11-7-10-24(19-26)29(35)34-31(38)32-25-16-17-28-27(20-25)33-30(37-28)23-14-12-22(13-15-23)21-8-5-4-6-9-21/h4-17,19-20H,2-3,18H2,1H3,(H2,32,34,35,38). The van der Waals surface area contributed by atoms with Gasteiger partial charge in [-0.25, -0.2) is 4.98 Å². The Morgan fingerprint density at radius 1 is 0.895 bits per heavy atom. The summed E-state index contributed by atoms with van der Waals surface area (Å²) in [6.07, 6.45) is 2.01. The molecule has 190 valence electrons. The molecule has 0 saturated carbocycles. The number of anilines is 1. The molecule has 0 atom stereocenters. The first kappa shape index (κ1) is 25.2. The number of nitrogens with zero attached hydrogens (tertiary/aromatic N) is 1. The van der Waals surface area contributed by atoms with E-state index < -0.39 is 0 Å². The molecule has 0 bridgehead atoms. The number of unbranched alkanes of at least 4 members (excludes halogenated alkanes) is 1. The fourth-order valence-electron chi connectivity index (χ4n) is 3.96. The lowest BCUT2D eigenvalue weighted by atomic mass is 10.0. The zero-order valence-electron chi connectivity index (χ0n) is 20.9. The number of carbonyl (C=O) groups excluding carboxylic acids is 1. The second kappa shape index (κ2) is 11.7. The summed E-state index contributed by atoms with van der Waals surface area (Å²) in [5.41, 5.74) is 5.68. The van der Waals surface area contributed by atoms with Crippen molar-refractivity contribution in [1.29, 1.82) is 0 Å². The number of amides is 1. The van der Waals surface area contributed by atoms with Gasteiger partial charge in [-0.2, -0.15) is 0 Å². The third kappa shape index (κ3) is 6.07. The van der Waals surface area contributed by atoms with Gasteiger partial charge in [-0.15, -0.1) is 0 Å². The summed E-state index contributed by atoms with van der Waals surface area (Å²) in [5, 5.41) is 5.96. The minimum Gasteiger partial charge on any atom is -0.494 e. The smallest absolute Gasteiger partial charge is 0.257 e. The number of hydrogen-bond donors (Lipinski definition) is 2. The summed E-state index contributed by atoms with van der Waals surface area (Å²) in [7, 11) is 0. The SMILES string of the molecule is CCCCOc1cccc(C(=O)NC(=S)Nc2ccc3oc(-c4ccc(-c5ccccc5)cc4)nc3c2)c1. The summed E-state index contributed by atoms with van der Waals surface area (Å²) in [6.45, 7) is 2.72. The van der Waals surface area contributed by atoms with Crippen LogP contribution in [0.15, 0.2) is 101 Å². The molecule has 0 unspecified atom stereocenters. The molecule has 4 aromatic carbocycles. The van der Waals surface area contributed by atoms with Gasteiger partial charge in [-0.3, -0.25) is 10.1 Å². The van der Waals surface area contributed by atoms with Crippen LogP contribution in [0, 0.1) is 0 Å². The van der Waals surface area contributed by atoms with Gasteiger partial charge in [-0.05, 0) is 78.3 Å². The van der Waals surface area contributed by atoms with Gasteiger partial charge in [0.25, 0.3) is 5.91 Å². The first-order valence-electron chi connectivity index (χ1n) is 12.5. The van der Waals surface area contributed by atoms with Crippen molar-refractivity contribution in [3.63, 3.8) is 0 Å². The molecular weight excluding hydrogens is 494 g/mol. The summed E-state index contributed by atoms with van der Waals surface area (Å²) >= 11 is 5.37. The van der Waals surface area contributed by atoms with Crippen LogP contribution < -0.4 is 15.4 Å². The van der Waals surface area contributed by atoms with Gasteiger partial charge in [0.1, 0.15) is 11.3 Å². The fourth-order valence-corrected chi connectivity index (χ4v) is 4.17. The molecule has 1 aromatic heterocycles. The lowest BCUT2D eigenvalue weighted by Crippen LogP contribution is -2.34. The quantitative estimate of drug-likeness (QED) is 0.163. The number of ether oxygens (including phenoxy) is 1. The van der Waals surface area contributed by atoms with E-state index in [1.54, 1.807) is 18.2 Å². The second-order valence-electron chi connectivity index (χ2n) is 8.78. The maximum Gasteiger partial charge on any atom is 0.257 e. The van der Waals surface area contributed by atoms with E-state index >= 15 is 0 Å². The molecule has 1 amide bonds. The van der Waals surface area contributed by atoms with Crippen molar-refractivity contribution in [1.82, 2.24) is 10.3 Å². The maximum absolute atomic E-state index is 12.7. The fraction of sp³-hybridized carbons (Fsp3) is 0.129. The highest BCUT2D eigenvalue weighted by Crippen LogP contribution is 2.28. The van der Waals surface area contributed by atoms with Crippen LogP contribution in [-0.4, -0.2) is 22.6 Å². The Labute approximate surface area is 226 Å². The van der Waals surface area contributed by atoms with Gasteiger partial charge in [0.15, 0.2) is 10.7 Å². The van der Waals surface area contributed by atoms with E-state index in [-0.39, 0.29) is 11.0 Å². The predicted molar refractivity (Wildman–Crippen MR) is 155 cm³/mol. The van der Waals surface area contributed by atoms with Crippen LogP contribution >= 0.6 is 12.2 Å². The molecule has 0 spiro atoms. The molecule has 5 aromatic rings. The molecule has 1 heterocycles. The molecule has 0 saturated heterocycles. The van der Waals surface area contributed by atoms with Crippen molar-refractivity contribution in [3.05, 3.63) is 103 Å². The van der Waals surface area contributed by atoms with E-state index in [9.17, 15) is 4.79 Å². The van der Waals surface area contributed by atoms with Crippen molar-refractivity contribution in [2.45, 2.75) is 19.8 Å². The van der Waals surface area contributed by atoms with Gasteiger partial charge in [0, 0.05) is 16.8 Å². The largest absolute Gasteiger partial charge is 0.494 e. The van der Waals surface area contributed by atoms with Crippen LogP contribution in [-0.2, 0) is 0 Å². The number of hydrogen-bond acceptors (Lipinski definition) is 5. The number of carbonyl (C=O) groups is 1. The molecule has 0 radical (unpaired) electrons. The Bertz CT molecular complexity index is 1560. The maximum atomic E-state index is 12.7. The lowest BCUT2D eigenvalue weighted by molar-refractivity contribution is 0.0977. The summed E-state index contributed by atoms with van der Waals surface area (Å²) in [4.78, 5) is 17.3. The number of nitrogens with one attached hydrogen (secondary N) is 2. The zero-order chi connectivity index (χ0) is 26.3. The number of oxazole rings is 1. The monoisotopic (exact) mass is 521 g/mol. The lowest BCUT2D eigenvalue weighted by Gasteiger charge is -2.10. The normalized spacial score (nSPS) is 10.8. The van der Waals surface area contributed by atoms with Crippen molar-refractivity contribution in [2.75, 3.05) is 11.9 Å². The minimum absolute atomic E-state index is 0.187.